The largest absolute Gasteiger partial charge is 0.497 e. The molecule has 2 aromatic rings. The molecular weight excluding hydrogens is 258 g/mol. The van der Waals surface area contributed by atoms with Crippen molar-refractivity contribution in [3.63, 3.8) is 0 Å². The highest BCUT2D eigenvalue weighted by molar-refractivity contribution is 5.41. The maximum atomic E-state index is 5.22. The van der Waals surface area contributed by atoms with Gasteiger partial charge < -0.3 is 10.1 Å². The second-order valence-electron chi connectivity index (χ2n) is 5.90. The van der Waals surface area contributed by atoms with E-state index in [4.69, 9.17) is 4.74 Å². The number of ether oxygens (including phenoxy) is 1. The number of methoxy groups -OCH3 is 1. The standard InChI is InChI=1S/C19H23NO/c1-13-5-4-6-16-9-12-18(19(13)16)20-14(2)15-7-10-17(21-3)11-8-15/h4-8,10-11,14,18,20H,9,12H2,1-3H3/t14-,18-/m0/s1. The van der Waals surface area contributed by atoms with Gasteiger partial charge in [0.1, 0.15) is 5.75 Å². The highest BCUT2D eigenvalue weighted by Gasteiger charge is 2.25. The molecule has 21 heavy (non-hydrogen) atoms. The molecule has 0 saturated heterocycles. The SMILES string of the molecule is COc1ccc([C@H](C)N[C@H]2CCc3cccc(C)c32)cc1. The minimum atomic E-state index is 0.339. The molecule has 1 N–H and O–H groups in total. The van der Waals surface area contributed by atoms with Crippen molar-refractivity contribution in [2.75, 3.05) is 7.11 Å². The zero-order valence-corrected chi connectivity index (χ0v) is 13.0. The lowest BCUT2D eigenvalue weighted by atomic mass is 10.0. The van der Waals surface area contributed by atoms with Crippen molar-refractivity contribution < 1.29 is 4.74 Å². The normalized spacial score (nSPS) is 18.3. The lowest BCUT2D eigenvalue weighted by Crippen LogP contribution is -2.23. The molecule has 2 atom stereocenters. The van der Waals surface area contributed by atoms with Crippen LogP contribution >= 0.6 is 0 Å². The molecule has 1 aliphatic rings. The Morgan fingerprint density at radius 2 is 1.90 bits per heavy atom. The Hall–Kier alpha value is -1.80. The maximum Gasteiger partial charge on any atom is 0.118 e. The molecule has 0 fully saturated rings. The summed E-state index contributed by atoms with van der Waals surface area (Å²) in [5.74, 6) is 0.910. The molecule has 0 bridgehead atoms. The fourth-order valence-electron chi connectivity index (χ4n) is 3.36. The van der Waals surface area contributed by atoms with Crippen molar-refractivity contribution in [2.24, 2.45) is 0 Å². The summed E-state index contributed by atoms with van der Waals surface area (Å²) in [6.07, 6.45) is 2.38. The number of fused-ring (bicyclic) bond motifs is 1. The fourth-order valence-corrected chi connectivity index (χ4v) is 3.36. The quantitative estimate of drug-likeness (QED) is 0.900. The van der Waals surface area contributed by atoms with Crippen LogP contribution in [-0.2, 0) is 6.42 Å². The summed E-state index contributed by atoms with van der Waals surface area (Å²) in [5, 5.41) is 3.79. The molecule has 1 aliphatic carbocycles. The zero-order chi connectivity index (χ0) is 14.8. The van der Waals surface area contributed by atoms with E-state index >= 15 is 0 Å². The predicted octanol–water partition coefficient (Wildman–Crippen LogP) is 4.34. The summed E-state index contributed by atoms with van der Waals surface area (Å²) in [6.45, 7) is 4.45. The van der Waals surface area contributed by atoms with Gasteiger partial charge >= 0.3 is 0 Å². The van der Waals surface area contributed by atoms with Gasteiger partial charge in [0, 0.05) is 12.1 Å². The Labute approximate surface area is 127 Å². The van der Waals surface area contributed by atoms with E-state index in [2.05, 4.69) is 49.5 Å². The third kappa shape index (κ3) is 2.81. The second-order valence-corrected chi connectivity index (χ2v) is 5.90. The lowest BCUT2D eigenvalue weighted by molar-refractivity contribution is 0.414. The Morgan fingerprint density at radius 1 is 1.14 bits per heavy atom. The van der Waals surface area contributed by atoms with E-state index in [1.165, 1.54) is 35.1 Å². The van der Waals surface area contributed by atoms with Crippen LogP contribution in [0.1, 0.15) is 47.7 Å². The van der Waals surface area contributed by atoms with E-state index in [1.807, 2.05) is 12.1 Å². The molecule has 0 spiro atoms. The first-order valence-electron chi connectivity index (χ1n) is 7.67. The van der Waals surface area contributed by atoms with Gasteiger partial charge in [-0.3, -0.25) is 0 Å². The molecule has 0 amide bonds. The maximum absolute atomic E-state index is 5.22. The first-order valence-corrected chi connectivity index (χ1v) is 7.67. The van der Waals surface area contributed by atoms with Crippen LogP contribution in [0.15, 0.2) is 42.5 Å². The molecule has 0 aromatic heterocycles. The van der Waals surface area contributed by atoms with Crippen molar-refractivity contribution in [3.8, 4) is 5.75 Å². The average molecular weight is 281 g/mol. The number of nitrogens with one attached hydrogen (secondary N) is 1. The summed E-state index contributed by atoms with van der Waals surface area (Å²) >= 11 is 0. The molecule has 0 unspecified atom stereocenters. The molecular formula is C19H23NO. The third-order valence-electron chi connectivity index (χ3n) is 4.53. The Kier molecular flexibility index (Phi) is 3.98. The van der Waals surface area contributed by atoms with E-state index in [9.17, 15) is 0 Å². The summed E-state index contributed by atoms with van der Waals surface area (Å²) in [4.78, 5) is 0. The Bertz CT molecular complexity index is 618. The molecule has 0 heterocycles. The topological polar surface area (TPSA) is 21.3 Å². The molecule has 0 saturated carbocycles. The van der Waals surface area contributed by atoms with Crippen LogP contribution in [0.25, 0.3) is 0 Å². The van der Waals surface area contributed by atoms with Gasteiger partial charge in [-0.1, -0.05) is 30.3 Å². The van der Waals surface area contributed by atoms with Crippen molar-refractivity contribution in [3.05, 3.63) is 64.7 Å². The molecule has 2 heteroatoms. The van der Waals surface area contributed by atoms with Crippen LogP contribution in [0.4, 0.5) is 0 Å². The van der Waals surface area contributed by atoms with Gasteiger partial charge in [-0.15, -0.1) is 0 Å². The first-order chi connectivity index (χ1) is 10.2. The summed E-state index contributed by atoms with van der Waals surface area (Å²) < 4.78 is 5.22. The monoisotopic (exact) mass is 281 g/mol. The average Bonchev–Trinajstić information content (AvgIpc) is 2.92. The second kappa shape index (κ2) is 5.90. The molecule has 110 valence electrons. The summed E-state index contributed by atoms with van der Waals surface area (Å²) in [5.41, 5.74) is 5.73. The van der Waals surface area contributed by atoms with Crippen molar-refractivity contribution in [1.29, 1.82) is 0 Å². The predicted molar refractivity (Wildman–Crippen MR) is 86.8 cm³/mol. The molecule has 2 aromatic carbocycles. The number of hydrogen-bond donors (Lipinski definition) is 1. The van der Waals surface area contributed by atoms with Crippen LogP contribution in [0.3, 0.4) is 0 Å². The summed E-state index contributed by atoms with van der Waals surface area (Å²) in [6, 6.07) is 15.8. The number of benzene rings is 2. The number of aryl methyl sites for hydroxylation is 2. The molecule has 0 radical (unpaired) electrons. The van der Waals surface area contributed by atoms with Crippen molar-refractivity contribution >= 4 is 0 Å². The van der Waals surface area contributed by atoms with Gasteiger partial charge in [0.05, 0.1) is 7.11 Å². The lowest BCUT2D eigenvalue weighted by Gasteiger charge is -2.22. The Balaban J connectivity index is 1.76. The zero-order valence-electron chi connectivity index (χ0n) is 13.0. The number of rotatable bonds is 4. The van der Waals surface area contributed by atoms with E-state index < -0.39 is 0 Å². The Morgan fingerprint density at radius 3 is 2.62 bits per heavy atom. The van der Waals surface area contributed by atoms with E-state index in [-0.39, 0.29) is 0 Å². The molecule has 2 nitrogen and oxygen atoms in total. The third-order valence-corrected chi connectivity index (χ3v) is 4.53. The highest BCUT2D eigenvalue weighted by Crippen LogP contribution is 2.35. The van der Waals surface area contributed by atoms with Crippen molar-refractivity contribution in [2.45, 2.75) is 38.8 Å². The van der Waals surface area contributed by atoms with Crippen molar-refractivity contribution in [1.82, 2.24) is 5.32 Å². The van der Waals surface area contributed by atoms with Gasteiger partial charge in [-0.25, -0.2) is 0 Å². The highest BCUT2D eigenvalue weighted by atomic mass is 16.5. The van der Waals surface area contributed by atoms with E-state index in [1.54, 1.807) is 7.11 Å². The van der Waals surface area contributed by atoms with E-state index in [0.717, 1.165) is 5.75 Å². The van der Waals surface area contributed by atoms with E-state index in [0.29, 0.717) is 12.1 Å². The fraction of sp³-hybridized carbons (Fsp3) is 0.368. The molecule has 0 aliphatic heterocycles. The minimum Gasteiger partial charge on any atom is -0.497 e. The van der Waals surface area contributed by atoms with Crippen LogP contribution in [0.5, 0.6) is 5.75 Å². The smallest absolute Gasteiger partial charge is 0.118 e. The first kappa shape index (κ1) is 14.2. The van der Waals surface area contributed by atoms with Crippen LogP contribution in [0, 0.1) is 6.92 Å². The van der Waals surface area contributed by atoms with Gasteiger partial charge in [0.25, 0.3) is 0 Å². The van der Waals surface area contributed by atoms with Gasteiger partial charge in [0.15, 0.2) is 0 Å². The minimum absolute atomic E-state index is 0.339. The van der Waals surface area contributed by atoms with Crippen LogP contribution in [0.2, 0.25) is 0 Å². The summed E-state index contributed by atoms with van der Waals surface area (Å²) in [7, 11) is 1.70. The van der Waals surface area contributed by atoms with Crippen LogP contribution < -0.4 is 10.1 Å². The van der Waals surface area contributed by atoms with Gasteiger partial charge in [-0.2, -0.15) is 0 Å². The van der Waals surface area contributed by atoms with Gasteiger partial charge in [0.2, 0.25) is 0 Å². The van der Waals surface area contributed by atoms with Crippen LogP contribution in [-0.4, -0.2) is 7.11 Å². The number of hydrogen-bond acceptors (Lipinski definition) is 2. The molecule has 3 rings (SSSR count). The van der Waals surface area contributed by atoms with Gasteiger partial charge in [-0.05, 0) is 61.1 Å².